The lowest BCUT2D eigenvalue weighted by molar-refractivity contribution is 0.0762. The highest BCUT2D eigenvalue weighted by molar-refractivity contribution is 5.94. The first-order valence-electron chi connectivity index (χ1n) is 6.60. The van der Waals surface area contributed by atoms with E-state index in [-0.39, 0.29) is 5.91 Å². The van der Waals surface area contributed by atoms with E-state index < -0.39 is 0 Å². The summed E-state index contributed by atoms with van der Waals surface area (Å²) in [7, 11) is 1.67. The van der Waals surface area contributed by atoms with Gasteiger partial charge in [-0.15, -0.1) is 0 Å². The van der Waals surface area contributed by atoms with Crippen LogP contribution in [0.5, 0.6) is 0 Å². The summed E-state index contributed by atoms with van der Waals surface area (Å²) in [5.41, 5.74) is 1.85. The van der Waals surface area contributed by atoms with Crippen molar-refractivity contribution in [2.24, 2.45) is 0 Å². The van der Waals surface area contributed by atoms with Gasteiger partial charge in [0.2, 0.25) is 0 Å². The Morgan fingerprint density at radius 1 is 1.22 bits per heavy atom. The Kier molecular flexibility index (Phi) is 6.44. The highest BCUT2D eigenvalue weighted by Gasteiger charge is 2.13. The zero-order chi connectivity index (χ0) is 13.4. The van der Waals surface area contributed by atoms with Gasteiger partial charge in [-0.1, -0.05) is 25.5 Å². The van der Waals surface area contributed by atoms with Crippen molar-refractivity contribution >= 4 is 5.91 Å². The molecule has 0 N–H and O–H groups in total. The number of hydrogen-bond donors (Lipinski definition) is 0. The van der Waals surface area contributed by atoms with Gasteiger partial charge in [-0.05, 0) is 31.0 Å². The van der Waals surface area contributed by atoms with Crippen LogP contribution in [0.25, 0.3) is 0 Å². The molecule has 0 atom stereocenters. The van der Waals surface area contributed by atoms with Crippen molar-refractivity contribution in [2.45, 2.75) is 33.3 Å². The normalized spacial score (nSPS) is 10.4. The van der Waals surface area contributed by atoms with Crippen LogP contribution in [-0.2, 0) is 11.3 Å². The highest BCUT2D eigenvalue weighted by Crippen LogP contribution is 2.09. The molecule has 0 bridgehead atoms. The van der Waals surface area contributed by atoms with Gasteiger partial charge >= 0.3 is 0 Å². The minimum atomic E-state index is 0.120. The Balaban J connectivity index is 2.69. The summed E-state index contributed by atoms with van der Waals surface area (Å²) in [5, 5.41) is 0. The minimum Gasteiger partial charge on any atom is -0.380 e. The van der Waals surface area contributed by atoms with Crippen LogP contribution in [0, 0.1) is 0 Å². The second-order valence-electron chi connectivity index (χ2n) is 4.37. The number of hydrogen-bond acceptors (Lipinski definition) is 2. The molecule has 3 nitrogen and oxygen atoms in total. The molecule has 1 rings (SSSR count). The predicted molar refractivity (Wildman–Crippen MR) is 73.6 cm³/mol. The Hall–Kier alpha value is -1.35. The highest BCUT2D eigenvalue weighted by atomic mass is 16.5. The van der Waals surface area contributed by atoms with Gasteiger partial charge in [0.25, 0.3) is 5.91 Å². The van der Waals surface area contributed by atoms with Gasteiger partial charge in [0.1, 0.15) is 0 Å². The molecule has 0 aromatic heterocycles. The third-order valence-electron chi connectivity index (χ3n) is 2.96. The molecule has 100 valence electrons. The molecule has 18 heavy (non-hydrogen) atoms. The van der Waals surface area contributed by atoms with Crippen LogP contribution in [0.4, 0.5) is 0 Å². The average molecular weight is 249 g/mol. The molecular formula is C15H23NO2. The monoisotopic (exact) mass is 249 g/mol. The van der Waals surface area contributed by atoms with Crippen LogP contribution in [0.2, 0.25) is 0 Å². The predicted octanol–water partition coefficient (Wildman–Crippen LogP) is 3.10. The van der Waals surface area contributed by atoms with E-state index in [1.54, 1.807) is 7.11 Å². The standard InChI is InChI=1S/C15H23NO2/c1-4-6-11-16(5-2)15(17)14-9-7-13(8-10-14)12-18-3/h7-10H,4-6,11-12H2,1-3H3. The molecule has 0 aliphatic rings. The molecule has 0 aliphatic heterocycles. The zero-order valence-corrected chi connectivity index (χ0v) is 11.6. The van der Waals surface area contributed by atoms with Crippen molar-refractivity contribution in [1.29, 1.82) is 0 Å². The molecule has 0 saturated heterocycles. The average Bonchev–Trinajstić information content (AvgIpc) is 2.40. The summed E-state index contributed by atoms with van der Waals surface area (Å²) in [6, 6.07) is 7.66. The second-order valence-corrected chi connectivity index (χ2v) is 4.37. The Morgan fingerprint density at radius 2 is 1.89 bits per heavy atom. The fourth-order valence-corrected chi connectivity index (χ4v) is 1.85. The summed E-state index contributed by atoms with van der Waals surface area (Å²) in [6.45, 7) is 6.34. The Bertz CT molecular complexity index is 359. The molecule has 1 aromatic carbocycles. The van der Waals surface area contributed by atoms with E-state index in [0.717, 1.165) is 37.1 Å². The third-order valence-corrected chi connectivity index (χ3v) is 2.96. The number of unbranched alkanes of at least 4 members (excludes halogenated alkanes) is 1. The van der Waals surface area contributed by atoms with Gasteiger partial charge in [-0.2, -0.15) is 0 Å². The number of methoxy groups -OCH3 is 1. The van der Waals surface area contributed by atoms with E-state index in [2.05, 4.69) is 6.92 Å². The van der Waals surface area contributed by atoms with Crippen LogP contribution >= 0.6 is 0 Å². The van der Waals surface area contributed by atoms with Crippen LogP contribution in [-0.4, -0.2) is 31.0 Å². The third kappa shape index (κ3) is 4.15. The van der Waals surface area contributed by atoms with Crippen molar-refractivity contribution in [2.75, 3.05) is 20.2 Å². The minimum absolute atomic E-state index is 0.120. The fourth-order valence-electron chi connectivity index (χ4n) is 1.85. The first-order valence-corrected chi connectivity index (χ1v) is 6.60. The fraction of sp³-hybridized carbons (Fsp3) is 0.533. The SMILES string of the molecule is CCCCN(CC)C(=O)c1ccc(COC)cc1. The summed E-state index contributed by atoms with van der Waals surface area (Å²) in [4.78, 5) is 14.1. The second kappa shape index (κ2) is 7.88. The summed E-state index contributed by atoms with van der Waals surface area (Å²) < 4.78 is 5.05. The first kappa shape index (κ1) is 14.7. The summed E-state index contributed by atoms with van der Waals surface area (Å²) in [5.74, 6) is 0.120. The van der Waals surface area contributed by atoms with E-state index in [1.165, 1.54) is 0 Å². The van der Waals surface area contributed by atoms with Crippen molar-refractivity contribution in [3.05, 3.63) is 35.4 Å². The quantitative estimate of drug-likeness (QED) is 0.743. The van der Waals surface area contributed by atoms with Crippen LogP contribution in [0.1, 0.15) is 42.6 Å². The number of benzene rings is 1. The zero-order valence-electron chi connectivity index (χ0n) is 11.6. The Morgan fingerprint density at radius 3 is 2.39 bits per heavy atom. The van der Waals surface area contributed by atoms with Gasteiger partial charge in [0.15, 0.2) is 0 Å². The van der Waals surface area contributed by atoms with Crippen LogP contribution in [0.3, 0.4) is 0 Å². The van der Waals surface area contributed by atoms with Crippen molar-refractivity contribution in [3.63, 3.8) is 0 Å². The van der Waals surface area contributed by atoms with E-state index >= 15 is 0 Å². The van der Waals surface area contributed by atoms with E-state index in [1.807, 2.05) is 36.1 Å². The van der Waals surface area contributed by atoms with Gasteiger partial charge in [-0.3, -0.25) is 4.79 Å². The smallest absolute Gasteiger partial charge is 0.253 e. The van der Waals surface area contributed by atoms with Crippen molar-refractivity contribution in [1.82, 2.24) is 4.90 Å². The molecule has 0 fully saturated rings. The largest absolute Gasteiger partial charge is 0.380 e. The van der Waals surface area contributed by atoms with E-state index in [4.69, 9.17) is 4.74 Å². The number of rotatable bonds is 7. The number of ether oxygens (including phenoxy) is 1. The molecule has 0 heterocycles. The summed E-state index contributed by atoms with van der Waals surface area (Å²) in [6.07, 6.45) is 2.16. The van der Waals surface area contributed by atoms with Crippen molar-refractivity contribution in [3.8, 4) is 0 Å². The molecule has 1 aromatic rings. The topological polar surface area (TPSA) is 29.5 Å². The molecule has 0 aliphatic carbocycles. The van der Waals surface area contributed by atoms with E-state index in [9.17, 15) is 4.79 Å². The molecule has 0 unspecified atom stereocenters. The lowest BCUT2D eigenvalue weighted by Crippen LogP contribution is -2.31. The summed E-state index contributed by atoms with van der Waals surface area (Å²) >= 11 is 0. The maximum atomic E-state index is 12.2. The van der Waals surface area contributed by atoms with Gasteiger partial charge in [0.05, 0.1) is 6.61 Å². The number of amides is 1. The van der Waals surface area contributed by atoms with Crippen LogP contribution < -0.4 is 0 Å². The number of carbonyl (C=O) groups excluding carboxylic acids is 1. The lowest BCUT2D eigenvalue weighted by atomic mass is 10.1. The lowest BCUT2D eigenvalue weighted by Gasteiger charge is -2.20. The molecule has 3 heteroatoms. The molecule has 0 radical (unpaired) electrons. The van der Waals surface area contributed by atoms with Gasteiger partial charge in [0, 0.05) is 25.8 Å². The van der Waals surface area contributed by atoms with Gasteiger partial charge in [-0.25, -0.2) is 0 Å². The molecule has 0 spiro atoms. The van der Waals surface area contributed by atoms with E-state index in [0.29, 0.717) is 6.61 Å². The maximum absolute atomic E-state index is 12.2. The van der Waals surface area contributed by atoms with Crippen LogP contribution in [0.15, 0.2) is 24.3 Å². The molecule has 1 amide bonds. The molecule has 0 saturated carbocycles. The maximum Gasteiger partial charge on any atom is 0.253 e. The first-order chi connectivity index (χ1) is 8.72. The Labute approximate surface area is 110 Å². The molecular weight excluding hydrogens is 226 g/mol. The van der Waals surface area contributed by atoms with Crippen molar-refractivity contribution < 1.29 is 9.53 Å². The number of carbonyl (C=O) groups is 1. The van der Waals surface area contributed by atoms with Gasteiger partial charge < -0.3 is 9.64 Å². The number of nitrogens with zero attached hydrogens (tertiary/aromatic N) is 1.